The molecule has 19 heavy (non-hydrogen) atoms. The minimum Gasteiger partial charge on any atom is -0.381 e. The topological polar surface area (TPSA) is 53.1 Å². The van der Waals surface area contributed by atoms with Gasteiger partial charge in [-0.2, -0.15) is 5.10 Å². The Morgan fingerprint density at radius 3 is 2.89 bits per heavy atom. The molecular formula is C15H27N3O. The van der Waals surface area contributed by atoms with Gasteiger partial charge in [-0.15, -0.1) is 0 Å². The summed E-state index contributed by atoms with van der Waals surface area (Å²) in [5.74, 6) is 0.649. The van der Waals surface area contributed by atoms with E-state index in [0.717, 1.165) is 51.0 Å². The first-order valence-electron chi connectivity index (χ1n) is 7.60. The smallest absolute Gasteiger partial charge is 0.0640 e. The van der Waals surface area contributed by atoms with Crippen LogP contribution in [0.5, 0.6) is 0 Å². The standard InChI is InChI=1S/C15H27N3O/c1-3-15(4-2)18-7-5-14(17-18)10-13(16)9-12-6-8-19-11-12/h5,7,12-13,15H,3-4,6,8-11,16H2,1-2H3. The Hall–Kier alpha value is -0.870. The molecule has 4 heteroatoms. The van der Waals surface area contributed by atoms with Crippen LogP contribution >= 0.6 is 0 Å². The first kappa shape index (κ1) is 14.5. The second kappa shape index (κ2) is 7.06. The number of ether oxygens (including phenoxy) is 1. The number of rotatable bonds is 7. The van der Waals surface area contributed by atoms with Gasteiger partial charge in [0, 0.05) is 31.9 Å². The highest BCUT2D eigenvalue weighted by Gasteiger charge is 2.19. The Morgan fingerprint density at radius 1 is 1.47 bits per heavy atom. The van der Waals surface area contributed by atoms with Gasteiger partial charge in [-0.05, 0) is 37.7 Å². The summed E-state index contributed by atoms with van der Waals surface area (Å²) in [4.78, 5) is 0. The zero-order valence-corrected chi connectivity index (χ0v) is 12.2. The minimum atomic E-state index is 0.205. The summed E-state index contributed by atoms with van der Waals surface area (Å²) in [6.45, 7) is 6.21. The summed E-state index contributed by atoms with van der Waals surface area (Å²) in [5.41, 5.74) is 7.35. The van der Waals surface area contributed by atoms with Crippen LogP contribution in [0.3, 0.4) is 0 Å². The lowest BCUT2D eigenvalue weighted by Crippen LogP contribution is -2.26. The Morgan fingerprint density at radius 2 is 2.26 bits per heavy atom. The number of nitrogens with zero attached hydrogens (tertiary/aromatic N) is 2. The van der Waals surface area contributed by atoms with E-state index in [1.807, 2.05) is 0 Å². The number of hydrogen-bond donors (Lipinski definition) is 1. The SMILES string of the molecule is CCC(CC)n1ccc(CC(N)CC2CCOC2)n1. The molecule has 0 saturated carbocycles. The van der Waals surface area contributed by atoms with Crippen molar-refractivity contribution in [2.45, 2.75) is 58.0 Å². The minimum absolute atomic E-state index is 0.205. The summed E-state index contributed by atoms with van der Waals surface area (Å²) in [6.07, 6.45) is 7.45. The van der Waals surface area contributed by atoms with Gasteiger partial charge >= 0.3 is 0 Å². The second-order valence-electron chi connectivity index (χ2n) is 5.69. The van der Waals surface area contributed by atoms with Crippen LogP contribution in [-0.2, 0) is 11.2 Å². The highest BCUT2D eigenvalue weighted by atomic mass is 16.5. The largest absolute Gasteiger partial charge is 0.381 e. The molecule has 0 aliphatic carbocycles. The van der Waals surface area contributed by atoms with Crippen molar-refractivity contribution in [3.63, 3.8) is 0 Å². The molecule has 0 aromatic carbocycles. The van der Waals surface area contributed by atoms with Gasteiger partial charge in [0.05, 0.1) is 11.7 Å². The zero-order chi connectivity index (χ0) is 13.7. The number of hydrogen-bond acceptors (Lipinski definition) is 3. The van der Waals surface area contributed by atoms with E-state index in [1.165, 1.54) is 0 Å². The maximum Gasteiger partial charge on any atom is 0.0640 e. The van der Waals surface area contributed by atoms with Gasteiger partial charge in [-0.3, -0.25) is 4.68 Å². The van der Waals surface area contributed by atoms with Crippen LogP contribution in [0.15, 0.2) is 12.3 Å². The van der Waals surface area contributed by atoms with Crippen molar-refractivity contribution < 1.29 is 4.74 Å². The van der Waals surface area contributed by atoms with E-state index in [4.69, 9.17) is 10.5 Å². The average molecular weight is 265 g/mol. The van der Waals surface area contributed by atoms with Crippen molar-refractivity contribution in [2.24, 2.45) is 11.7 Å². The average Bonchev–Trinajstić information content (AvgIpc) is 3.03. The van der Waals surface area contributed by atoms with Crippen molar-refractivity contribution in [3.8, 4) is 0 Å². The molecule has 1 saturated heterocycles. The lowest BCUT2D eigenvalue weighted by Gasteiger charge is -2.15. The highest BCUT2D eigenvalue weighted by Crippen LogP contribution is 2.19. The number of aromatic nitrogens is 2. The Kier molecular flexibility index (Phi) is 5.40. The summed E-state index contributed by atoms with van der Waals surface area (Å²) in [5, 5.41) is 4.67. The summed E-state index contributed by atoms with van der Waals surface area (Å²) < 4.78 is 7.50. The van der Waals surface area contributed by atoms with Crippen molar-refractivity contribution in [1.29, 1.82) is 0 Å². The molecule has 1 aromatic rings. The fourth-order valence-corrected chi connectivity index (χ4v) is 2.90. The Balaban J connectivity index is 1.84. The second-order valence-corrected chi connectivity index (χ2v) is 5.69. The third-order valence-corrected chi connectivity index (χ3v) is 4.11. The molecular weight excluding hydrogens is 238 g/mol. The van der Waals surface area contributed by atoms with Crippen LogP contribution < -0.4 is 5.73 Å². The van der Waals surface area contributed by atoms with E-state index in [1.54, 1.807) is 0 Å². The predicted molar refractivity (Wildman–Crippen MR) is 77.1 cm³/mol. The fourth-order valence-electron chi connectivity index (χ4n) is 2.90. The quantitative estimate of drug-likeness (QED) is 0.824. The monoisotopic (exact) mass is 265 g/mol. The first-order valence-corrected chi connectivity index (χ1v) is 7.60. The third-order valence-electron chi connectivity index (χ3n) is 4.11. The van der Waals surface area contributed by atoms with Gasteiger partial charge in [0.15, 0.2) is 0 Å². The van der Waals surface area contributed by atoms with Crippen molar-refractivity contribution in [1.82, 2.24) is 9.78 Å². The highest BCUT2D eigenvalue weighted by molar-refractivity contribution is 5.02. The lowest BCUT2D eigenvalue weighted by molar-refractivity contribution is 0.182. The van der Waals surface area contributed by atoms with Gasteiger partial charge in [-0.25, -0.2) is 0 Å². The normalized spacial score (nSPS) is 21.2. The number of nitrogens with two attached hydrogens (primary N) is 1. The molecule has 1 aliphatic heterocycles. The van der Waals surface area contributed by atoms with E-state index in [2.05, 4.69) is 35.9 Å². The third kappa shape index (κ3) is 4.05. The summed E-state index contributed by atoms with van der Waals surface area (Å²) >= 11 is 0. The first-order chi connectivity index (χ1) is 9.22. The summed E-state index contributed by atoms with van der Waals surface area (Å²) in [6, 6.07) is 2.84. The van der Waals surface area contributed by atoms with Crippen LogP contribution in [0.2, 0.25) is 0 Å². The molecule has 108 valence electrons. The fraction of sp³-hybridized carbons (Fsp3) is 0.800. The van der Waals surface area contributed by atoms with Gasteiger partial charge in [-0.1, -0.05) is 13.8 Å². The predicted octanol–water partition coefficient (Wildman–Crippen LogP) is 2.54. The molecule has 0 amide bonds. The molecule has 0 radical (unpaired) electrons. The van der Waals surface area contributed by atoms with E-state index in [-0.39, 0.29) is 6.04 Å². The maximum absolute atomic E-state index is 6.23. The van der Waals surface area contributed by atoms with E-state index in [0.29, 0.717) is 12.0 Å². The zero-order valence-electron chi connectivity index (χ0n) is 12.2. The van der Waals surface area contributed by atoms with Crippen LogP contribution in [-0.4, -0.2) is 29.0 Å². The molecule has 1 aliphatic rings. The van der Waals surface area contributed by atoms with E-state index in [9.17, 15) is 0 Å². The molecule has 4 nitrogen and oxygen atoms in total. The van der Waals surface area contributed by atoms with Crippen molar-refractivity contribution in [3.05, 3.63) is 18.0 Å². The molecule has 0 spiro atoms. The Bertz CT molecular complexity index is 367. The van der Waals surface area contributed by atoms with Crippen LogP contribution in [0.1, 0.15) is 51.3 Å². The van der Waals surface area contributed by atoms with Crippen molar-refractivity contribution >= 4 is 0 Å². The Labute approximate surface area is 116 Å². The van der Waals surface area contributed by atoms with Gasteiger partial charge in [0.25, 0.3) is 0 Å². The van der Waals surface area contributed by atoms with Gasteiger partial charge in [0.1, 0.15) is 0 Å². The molecule has 1 aromatic heterocycles. The van der Waals surface area contributed by atoms with Crippen LogP contribution in [0.4, 0.5) is 0 Å². The molecule has 2 heterocycles. The van der Waals surface area contributed by atoms with Crippen molar-refractivity contribution in [2.75, 3.05) is 13.2 Å². The van der Waals surface area contributed by atoms with E-state index < -0.39 is 0 Å². The van der Waals surface area contributed by atoms with E-state index >= 15 is 0 Å². The maximum atomic E-state index is 6.23. The van der Waals surface area contributed by atoms with Gasteiger partial charge < -0.3 is 10.5 Å². The summed E-state index contributed by atoms with van der Waals surface area (Å²) in [7, 11) is 0. The molecule has 1 fully saturated rings. The van der Waals surface area contributed by atoms with Gasteiger partial charge in [0.2, 0.25) is 0 Å². The molecule has 0 bridgehead atoms. The molecule has 2 rings (SSSR count). The van der Waals surface area contributed by atoms with Crippen LogP contribution in [0.25, 0.3) is 0 Å². The van der Waals surface area contributed by atoms with Crippen LogP contribution in [0, 0.1) is 5.92 Å². The molecule has 2 N–H and O–H groups in total. The molecule has 2 atom stereocenters. The molecule has 2 unspecified atom stereocenters. The lowest BCUT2D eigenvalue weighted by atomic mass is 9.97.